The topological polar surface area (TPSA) is 479 Å². The third kappa shape index (κ3) is 36.3. The van der Waals surface area contributed by atoms with Crippen molar-refractivity contribution in [3.63, 3.8) is 0 Å². The lowest BCUT2D eigenvalue weighted by Gasteiger charge is -2.30. The molecule has 12 aromatic rings. The van der Waals surface area contributed by atoms with Gasteiger partial charge in [-0.25, -0.2) is 16.8 Å². The van der Waals surface area contributed by atoms with E-state index < -0.39 is 97.5 Å². The maximum absolute atomic E-state index is 11.6. The number of ketones is 2. The first-order valence-electron chi connectivity index (χ1n) is 37.6. The zero-order valence-corrected chi connectivity index (χ0v) is 75.6. The van der Waals surface area contributed by atoms with Crippen LogP contribution in [0.3, 0.4) is 0 Å². The van der Waals surface area contributed by atoms with Crippen molar-refractivity contribution in [2.75, 3.05) is 0 Å². The van der Waals surface area contributed by atoms with Crippen LogP contribution in [0, 0.1) is 6.92 Å². The zero-order valence-electron chi connectivity index (χ0n) is 69.2. The molecule has 1 heterocycles. The number of rotatable bonds is 18. The summed E-state index contributed by atoms with van der Waals surface area (Å²) in [5.74, 6) is -9.35. The number of aromatic carboxylic acids is 1. The number of hydrogen-bond donors (Lipinski definition) is 1. The molecule has 0 amide bonds. The Bertz CT molecular complexity index is 6030. The maximum Gasteiger partial charge on any atom is 0.485 e. The summed E-state index contributed by atoms with van der Waals surface area (Å²) in [6.45, 7) is 13.7. The van der Waals surface area contributed by atoms with E-state index in [1.165, 1.54) is 75.4 Å². The molecule has 0 aliphatic carbocycles. The van der Waals surface area contributed by atoms with E-state index in [-0.39, 0.29) is 77.2 Å². The minimum Gasteiger partial charge on any atom is -0.858 e. The average Bonchev–Trinajstić information content (AvgIpc) is 1.75. The minimum atomic E-state index is -6.09. The Kier molecular flexibility index (Phi) is 43.5. The van der Waals surface area contributed by atoms with Gasteiger partial charge in [0.05, 0.1) is 32.6 Å². The second-order valence-electron chi connectivity index (χ2n) is 27.4. The molecular weight excluding hydrogens is 1840 g/mol. The normalized spacial score (nSPS) is 11.9. The maximum atomic E-state index is 11.6. The van der Waals surface area contributed by atoms with Gasteiger partial charge in [0.1, 0.15) is 22.1 Å². The molecule has 0 fully saturated rings. The number of carbonyl (C=O) groups excluding carboxylic acids is 7. The molecule has 1 aliphatic rings. The standard InChI is InChI=1S/C18H13Cl2S.C15H24O3S.C14H12O3.C9H10O2.2C8H6O3.C7H5NO3S.C7H6O2.C6H6O2S2.CHF3O3S/c19-14-6-10-17(11-7-14)21(16-4-2-1-3-5-16)18-12-8-15(20)9-13-18;1-9(2)12-7-13(10(3)4)15(19(16,17)18)14(8-12)11(5)6;15-13(16)14(17,11-7-3-1-4-8-11)12-9-5-2-6-10-12;1-7-2-4-8(5-3-7)6-9(10)11;2*9-7(8(10)11)6-4-2-1-3-5-6;9-7-5-3-1-2-4-6(5)12(10,11)8-7;8-7(9)6-4-2-1-3-5-6;7-10(8,9)6-4-2-1-3-5-6;2-1(3,4)8(5,6)7/h1-13H;7-11H,1-6H3,(H,16,17,18);1-10,17H,(H,15,16);2-5H,6H2,1H3,(H,10,11);2*1-5H,(H,10,11);1-4H,(H,8,9);1-5H,(H,8,9);1-5H,(H,7,8,9);(H,5,6,7)/q+1;;;;;;;;;/p-9. The summed E-state index contributed by atoms with van der Waals surface area (Å²) in [6, 6.07) is 91.7. The average molecular weight is 1920 g/mol. The molecule has 0 radical (unpaired) electrons. The number of alkyl halides is 3. The van der Waals surface area contributed by atoms with Gasteiger partial charge in [-0.15, -0.1) is 0 Å². The summed E-state index contributed by atoms with van der Waals surface area (Å²) in [7, 11) is -17.8. The first-order valence-corrected chi connectivity index (χ1v) is 46.2. The molecule has 0 bridgehead atoms. The number of aryl methyl sites for hydroxylation is 1. The van der Waals surface area contributed by atoms with Gasteiger partial charge in [0.25, 0.3) is 10.0 Å². The van der Waals surface area contributed by atoms with Crippen LogP contribution >= 0.6 is 23.2 Å². The van der Waals surface area contributed by atoms with E-state index in [1.807, 2.05) is 89.2 Å². The second kappa shape index (κ2) is 51.5. The van der Waals surface area contributed by atoms with E-state index in [2.05, 4.69) is 78.0 Å². The highest BCUT2D eigenvalue weighted by atomic mass is 35.5. The number of carbonyl (C=O) groups is 7. The number of carboxylic acids is 5. The van der Waals surface area contributed by atoms with Crippen LogP contribution in [0.5, 0.6) is 0 Å². The van der Waals surface area contributed by atoms with Gasteiger partial charge in [-0.05, 0) is 162 Å². The van der Waals surface area contributed by atoms with Crippen LogP contribution in [-0.4, -0.2) is 101 Å². The number of carboxylic acid groups (broad SMARTS) is 5. The molecule has 1 N–H and O–H groups in total. The number of hydrogen-bond acceptors (Lipinski definition) is 25. The highest BCUT2D eigenvalue weighted by molar-refractivity contribution is 8.29. The molecule has 36 heteroatoms. The molecule has 13 rings (SSSR count). The van der Waals surface area contributed by atoms with Gasteiger partial charge >= 0.3 is 5.51 Å². The van der Waals surface area contributed by atoms with Gasteiger partial charge in [0, 0.05) is 49.9 Å². The van der Waals surface area contributed by atoms with Crippen LogP contribution in [0.1, 0.15) is 135 Å². The van der Waals surface area contributed by atoms with Crippen LogP contribution in [0.4, 0.5) is 13.2 Å². The molecule has 129 heavy (non-hydrogen) atoms. The molecule has 0 saturated heterocycles. The smallest absolute Gasteiger partial charge is 0.485 e. The van der Waals surface area contributed by atoms with Gasteiger partial charge in [0.2, 0.25) is 11.6 Å². The Morgan fingerprint density at radius 1 is 0.465 bits per heavy atom. The second-order valence-corrected chi connectivity index (χ2v) is 37.2. The lowest BCUT2D eigenvalue weighted by atomic mass is 9.86. The van der Waals surface area contributed by atoms with Crippen molar-refractivity contribution in [2.24, 2.45) is 4.40 Å². The first kappa shape index (κ1) is 109. The van der Waals surface area contributed by atoms with E-state index >= 15 is 0 Å². The summed E-state index contributed by atoms with van der Waals surface area (Å²) >= 11 is 16.3. The summed E-state index contributed by atoms with van der Waals surface area (Å²) in [5.41, 5.74) is -2.22. The third-order valence-electron chi connectivity index (χ3n) is 16.9. The molecule has 680 valence electrons. The number of benzene rings is 12. The summed E-state index contributed by atoms with van der Waals surface area (Å²) in [6.07, 6.45) is 0.000278. The van der Waals surface area contributed by atoms with Crippen molar-refractivity contribution >= 4 is 132 Å². The minimum absolute atomic E-state index is 0.000278. The Morgan fingerprint density at radius 2 is 0.791 bits per heavy atom. The fourth-order valence-corrected chi connectivity index (χ4v) is 16.0. The first-order chi connectivity index (χ1) is 60.3. The predicted molar refractivity (Wildman–Crippen MR) is 468 cm³/mol. The number of halogens is 5. The number of sulfonamides is 1. The molecule has 1 unspecified atom stereocenters. The van der Waals surface area contributed by atoms with Crippen molar-refractivity contribution in [1.29, 1.82) is 0 Å². The lowest BCUT2D eigenvalue weighted by Crippen LogP contribution is -2.46. The molecular formula is C93H80Cl2F3NO24S6-8. The van der Waals surface area contributed by atoms with E-state index in [0.717, 1.165) is 26.7 Å². The summed E-state index contributed by atoms with van der Waals surface area (Å²) in [4.78, 5) is 76.9. The number of aliphatic hydroxyl groups is 1. The lowest BCUT2D eigenvalue weighted by molar-refractivity contribution is -0.323. The number of aliphatic carboxylic acids is 4. The van der Waals surface area contributed by atoms with Crippen LogP contribution in [0.15, 0.2) is 355 Å². The van der Waals surface area contributed by atoms with E-state index in [9.17, 15) is 113 Å². The van der Waals surface area contributed by atoms with Crippen LogP contribution < -0.4 is 30.6 Å². The van der Waals surface area contributed by atoms with Crippen molar-refractivity contribution in [3.8, 4) is 0 Å². The summed E-state index contributed by atoms with van der Waals surface area (Å²) < 4.78 is 140. The van der Waals surface area contributed by atoms with Crippen LogP contribution in [0.2, 0.25) is 10.0 Å². The Morgan fingerprint density at radius 3 is 1.08 bits per heavy atom. The monoisotopic (exact) mass is 1910 g/mol. The molecule has 0 spiro atoms. The highest BCUT2D eigenvalue weighted by Crippen LogP contribution is 2.37. The van der Waals surface area contributed by atoms with Crippen molar-refractivity contribution in [3.05, 3.63) is 393 Å². The Labute approximate surface area is 762 Å². The van der Waals surface area contributed by atoms with E-state index in [4.69, 9.17) is 36.2 Å². The molecule has 1 atom stereocenters. The molecule has 12 aromatic carbocycles. The third-order valence-corrected chi connectivity index (χ3v) is 23.9. The van der Waals surface area contributed by atoms with E-state index in [1.54, 1.807) is 158 Å². The SMILES string of the molecule is CC(C)c1cc(C(C)C)c(S(=O)(=O)[O-])c(C(C)C)c1.Cc1ccc(CC(=O)[O-])cc1.Clc1ccc([S+](c2ccccc2)c2ccc(Cl)cc2)cc1.O=C([O-])C(=O)c1ccccc1.O=C([O-])C(=O)c1ccccc1.O=C([O-])C(O)(c1ccccc1)c1ccccc1.O=C([O-])c1ccccc1.O=S(=O)([O-])C(F)(F)F.O=S([O-])(=S)c1ccccc1.O=S1(=O)N=C([O-])c2ccccc21. The number of Topliss-reactive ketones (excluding diaryl/α,β-unsaturated/α-hetero) is 2. The van der Waals surface area contributed by atoms with Gasteiger partial charge in [-0.1, -0.05) is 313 Å². The fourth-order valence-electron chi connectivity index (χ4n) is 10.6. The van der Waals surface area contributed by atoms with E-state index in [0.29, 0.717) is 17.0 Å². The summed E-state index contributed by atoms with van der Waals surface area (Å²) in [5, 5.41) is 74.4. The molecule has 25 nitrogen and oxygen atoms in total. The molecule has 0 saturated carbocycles. The van der Waals surface area contributed by atoms with Gasteiger partial charge in [0.15, 0.2) is 30.4 Å². The molecule has 1 aliphatic heterocycles. The van der Waals surface area contributed by atoms with Crippen molar-refractivity contribution in [2.45, 2.75) is 113 Å². The van der Waals surface area contributed by atoms with Gasteiger partial charge in [-0.2, -0.15) is 26.0 Å². The Balaban J connectivity index is 0.000000305. The van der Waals surface area contributed by atoms with Crippen LogP contribution in [-0.2, 0) is 92.3 Å². The fraction of sp³-hybridized carbons (Fsp3) is 0.140. The highest BCUT2D eigenvalue weighted by Gasteiger charge is 2.37. The molecule has 0 aromatic heterocycles. The van der Waals surface area contributed by atoms with Crippen LogP contribution in [0.25, 0.3) is 0 Å². The van der Waals surface area contributed by atoms with Gasteiger partial charge < -0.3 is 73.4 Å². The zero-order chi connectivity index (χ0) is 96.8. The van der Waals surface area contributed by atoms with Crippen molar-refractivity contribution < 1.29 is 126 Å². The quantitative estimate of drug-likeness (QED) is 0.0274. The number of fused-ring (bicyclic) bond motifs is 1. The predicted octanol–water partition coefficient (Wildman–Crippen LogP) is 10.8. The van der Waals surface area contributed by atoms with Crippen molar-refractivity contribution in [1.82, 2.24) is 0 Å². The largest absolute Gasteiger partial charge is 0.858 e. The Hall–Kier alpha value is -12.4. The number of nitrogens with zero attached hydrogens (tertiary/aromatic N) is 1. The van der Waals surface area contributed by atoms with Gasteiger partial charge in [-0.3, -0.25) is 13.8 Å².